The van der Waals surface area contributed by atoms with Crippen LogP contribution in [0, 0.1) is 20.8 Å². The Kier molecular flexibility index (Phi) is 4.47. The molecule has 1 saturated carbocycles. The van der Waals surface area contributed by atoms with Gasteiger partial charge in [0.15, 0.2) is 10.8 Å². The Morgan fingerprint density at radius 3 is 2.54 bits per heavy atom. The predicted octanol–water partition coefficient (Wildman–Crippen LogP) is 5.26. The molecule has 0 bridgehead atoms. The average molecular weight is 370 g/mol. The van der Waals surface area contributed by atoms with E-state index in [-0.39, 0.29) is 0 Å². The summed E-state index contributed by atoms with van der Waals surface area (Å²) < 4.78 is 2.06. The number of thiazole rings is 1. The number of nitrogens with one attached hydrogen (secondary N) is 1. The molecular weight excluding hydrogens is 342 g/mol. The van der Waals surface area contributed by atoms with Crippen LogP contribution in [0.25, 0.3) is 16.2 Å². The predicted molar refractivity (Wildman–Crippen MR) is 108 cm³/mol. The van der Waals surface area contributed by atoms with E-state index in [2.05, 4.69) is 50.5 Å². The standard InChI is InChI=1S/C20H27N5S/c1-6-14(7-2)16-10-11(3)24-25-17(12(4)21-19(16)25)18-13(5)22-20(26-18)23-15-8-9-15/h10,14-15H,6-9H2,1-5H3,(H,22,23). The van der Waals surface area contributed by atoms with Gasteiger partial charge in [0, 0.05) is 11.6 Å². The summed E-state index contributed by atoms with van der Waals surface area (Å²) in [5.74, 6) is 0.517. The molecule has 1 fully saturated rings. The van der Waals surface area contributed by atoms with E-state index in [1.807, 2.05) is 0 Å². The van der Waals surface area contributed by atoms with Crippen LogP contribution in [0.1, 0.15) is 68.1 Å². The third-order valence-electron chi connectivity index (χ3n) is 5.25. The van der Waals surface area contributed by atoms with E-state index in [9.17, 15) is 0 Å². The summed E-state index contributed by atoms with van der Waals surface area (Å²) in [5.41, 5.74) is 6.53. The minimum atomic E-state index is 0.517. The number of aryl methyl sites for hydroxylation is 3. The van der Waals surface area contributed by atoms with Crippen LogP contribution in [-0.2, 0) is 0 Å². The van der Waals surface area contributed by atoms with Gasteiger partial charge < -0.3 is 5.32 Å². The smallest absolute Gasteiger partial charge is 0.183 e. The highest BCUT2D eigenvalue weighted by atomic mass is 32.1. The molecule has 1 aliphatic carbocycles. The van der Waals surface area contributed by atoms with Gasteiger partial charge in [-0.2, -0.15) is 5.10 Å². The number of nitrogens with zero attached hydrogens (tertiary/aromatic N) is 4. The van der Waals surface area contributed by atoms with Gasteiger partial charge >= 0.3 is 0 Å². The van der Waals surface area contributed by atoms with Gasteiger partial charge in [0.05, 0.1) is 22.0 Å². The SMILES string of the molecule is CCC(CC)c1cc(C)nn2c(-c3sc(NC4CC4)nc3C)c(C)nc12. The molecule has 6 heteroatoms. The molecule has 0 atom stereocenters. The summed E-state index contributed by atoms with van der Waals surface area (Å²) in [6, 6.07) is 2.82. The summed E-state index contributed by atoms with van der Waals surface area (Å²) in [4.78, 5) is 10.8. The number of hydrogen-bond acceptors (Lipinski definition) is 5. The molecule has 3 aromatic rings. The zero-order valence-electron chi connectivity index (χ0n) is 16.3. The number of hydrogen-bond donors (Lipinski definition) is 1. The fourth-order valence-electron chi connectivity index (χ4n) is 3.65. The quantitative estimate of drug-likeness (QED) is 0.644. The molecule has 4 rings (SSSR count). The molecule has 26 heavy (non-hydrogen) atoms. The minimum absolute atomic E-state index is 0.517. The molecule has 3 heterocycles. The van der Waals surface area contributed by atoms with Gasteiger partial charge in [-0.05, 0) is 58.4 Å². The minimum Gasteiger partial charge on any atom is -0.359 e. The molecule has 0 unspecified atom stereocenters. The second-order valence-electron chi connectivity index (χ2n) is 7.39. The van der Waals surface area contributed by atoms with Gasteiger partial charge in [0.1, 0.15) is 5.69 Å². The molecule has 1 N–H and O–H groups in total. The Labute approximate surface area is 158 Å². The highest BCUT2D eigenvalue weighted by Gasteiger charge is 2.25. The first-order valence-corrected chi connectivity index (χ1v) is 10.4. The maximum Gasteiger partial charge on any atom is 0.183 e. The average Bonchev–Trinajstić information content (AvgIpc) is 3.25. The summed E-state index contributed by atoms with van der Waals surface area (Å²) in [6.07, 6.45) is 4.74. The van der Waals surface area contributed by atoms with Gasteiger partial charge in [0.2, 0.25) is 0 Å². The van der Waals surface area contributed by atoms with Crippen LogP contribution < -0.4 is 5.32 Å². The third-order valence-corrected chi connectivity index (χ3v) is 6.35. The second-order valence-corrected chi connectivity index (χ2v) is 8.39. The van der Waals surface area contributed by atoms with Crippen LogP contribution in [0.3, 0.4) is 0 Å². The van der Waals surface area contributed by atoms with Gasteiger partial charge in [0.25, 0.3) is 0 Å². The first-order chi connectivity index (χ1) is 12.5. The zero-order valence-corrected chi connectivity index (χ0v) is 17.1. The molecule has 0 aliphatic heterocycles. The molecule has 0 spiro atoms. The third kappa shape index (κ3) is 3.00. The van der Waals surface area contributed by atoms with Crippen molar-refractivity contribution in [3.05, 3.63) is 28.7 Å². The highest BCUT2D eigenvalue weighted by Crippen LogP contribution is 2.38. The molecule has 1 aliphatic rings. The maximum atomic E-state index is 4.93. The summed E-state index contributed by atoms with van der Waals surface area (Å²) in [6.45, 7) is 10.7. The molecule has 0 aromatic carbocycles. The highest BCUT2D eigenvalue weighted by molar-refractivity contribution is 7.19. The summed E-state index contributed by atoms with van der Waals surface area (Å²) in [5, 5.41) is 9.36. The van der Waals surface area contributed by atoms with Crippen LogP contribution in [0.5, 0.6) is 0 Å². The van der Waals surface area contributed by atoms with Crippen LogP contribution in [0.15, 0.2) is 6.07 Å². The number of rotatable bonds is 6. The Hall–Kier alpha value is -1.95. The number of anilines is 1. The van der Waals surface area contributed by atoms with Crippen molar-refractivity contribution in [1.29, 1.82) is 0 Å². The molecule has 5 nitrogen and oxygen atoms in total. The molecule has 0 amide bonds. The van der Waals surface area contributed by atoms with Gasteiger partial charge in [-0.25, -0.2) is 14.5 Å². The summed E-state index contributed by atoms with van der Waals surface area (Å²) in [7, 11) is 0. The van der Waals surface area contributed by atoms with Crippen LogP contribution >= 0.6 is 11.3 Å². The fraction of sp³-hybridized carbons (Fsp3) is 0.550. The molecule has 3 aromatic heterocycles. The van der Waals surface area contributed by atoms with Crippen LogP contribution in [0.2, 0.25) is 0 Å². The van der Waals surface area contributed by atoms with E-state index >= 15 is 0 Å². The Morgan fingerprint density at radius 2 is 1.88 bits per heavy atom. The second kappa shape index (κ2) is 6.65. The number of fused-ring (bicyclic) bond motifs is 1. The van der Waals surface area contributed by atoms with Crippen molar-refractivity contribution in [1.82, 2.24) is 19.6 Å². The van der Waals surface area contributed by atoms with E-state index in [0.29, 0.717) is 12.0 Å². The molecular formula is C20H27N5S. The molecule has 138 valence electrons. The summed E-state index contributed by atoms with van der Waals surface area (Å²) >= 11 is 1.72. The van der Waals surface area contributed by atoms with Gasteiger partial charge in [-0.1, -0.05) is 25.2 Å². The van der Waals surface area contributed by atoms with Crippen molar-refractivity contribution in [3.8, 4) is 10.6 Å². The van der Waals surface area contributed by atoms with Crippen molar-refractivity contribution >= 4 is 22.1 Å². The van der Waals surface area contributed by atoms with E-state index in [4.69, 9.17) is 15.1 Å². The Bertz CT molecular complexity index is 947. The van der Waals surface area contributed by atoms with Crippen LogP contribution in [0.4, 0.5) is 5.13 Å². The van der Waals surface area contributed by atoms with Crippen molar-refractivity contribution in [2.24, 2.45) is 0 Å². The van der Waals surface area contributed by atoms with E-state index in [0.717, 1.165) is 46.4 Å². The van der Waals surface area contributed by atoms with Crippen molar-refractivity contribution in [2.75, 3.05) is 5.32 Å². The Balaban J connectivity index is 1.88. The van der Waals surface area contributed by atoms with Gasteiger partial charge in [-0.15, -0.1) is 0 Å². The first kappa shape index (κ1) is 17.5. The monoisotopic (exact) mass is 369 g/mol. The maximum absolute atomic E-state index is 4.93. The van der Waals surface area contributed by atoms with Crippen molar-refractivity contribution < 1.29 is 0 Å². The lowest BCUT2D eigenvalue weighted by Gasteiger charge is -2.14. The largest absolute Gasteiger partial charge is 0.359 e. The zero-order chi connectivity index (χ0) is 18.4. The van der Waals surface area contributed by atoms with Crippen LogP contribution in [-0.4, -0.2) is 25.6 Å². The van der Waals surface area contributed by atoms with E-state index < -0.39 is 0 Å². The molecule has 0 radical (unpaired) electrons. The number of imidazole rings is 1. The van der Waals surface area contributed by atoms with E-state index in [1.165, 1.54) is 23.3 Å². The fourth-order valence-corrected chi connectivity index (χ4v) is 4.77. The first-order valence-electron chi connectivity index (χ1n) is 9.63. The molecule has 0 saturated heterocycles. The topological polar surface area (TPSA) is 55.1 Å². The van der Waals surface area contributed by atoms with E-state index in [1.54, 1.807) is 11.3 Å². The normalized spacial score (nSPS) is 14.5. The lowest BCUT2D eigenvalue weighted by atomic mass is 9.95. The number of aromatic nitrogens is 4. The van der Waals surface area contributed by atoms with Gasteiger partial charge in [-0.3, -0.25) is 0 Å². The lowest BCUT2D eigenvalue weighted by molar-refractivity contribution is 0.638. The van der Waals surface area contributed by atoms with Crippen molar-refractivity contribution in [3.63, 3.8) is 0 Å². The van der Waals surface area contributed by atoms with Crippen molar-refractivity contribution in [2.45, 2.75) is 72.3 Å². The Morgan fingerprint density at radius 1 is 1.15 bits per heavy atom. The lowest BCUT2D eigenvalue weighted by Crippen LogP contribution is -2.05.